The third-order valence-corrected chi connectivity index (χ3v) is 0. The van der Waals surface area contributed by atoms with Crippen LogP contribution in [0.2, 0.25) is 0 Å². The summed E-state index contributed by atoms with van der Waals surface area (Å²) in [5.41, 5.74) is 0. The van der Waals surface area contributed by atoms with Crippen LogP contribution in [0, 0.1) is 0 Å². The standard InChI is InChI=1S/2Na.O3Se/c;;1-4(2)3/q;+1;-1. The minimum absolute atomic E-state index is 0. The van der Waals surface area contributed by atoms with Gasteiger partial charge in [0.15, 0.2) is 0 Å². The van der Waals surface area contributed by atoms with Crippen LogP contribution < -0.4 is 33.7 Å². The average Bonchev–Trinajstić information content (AvgIpc) is 0.722. The second-order valence-corrected chi connectivity index (χ2v) is 8.85. The van der Waals surface area contributed by atoms with E-state index in [9.17, 15) is 11.9 Å². The Kier molecular flexibility index (Phi) is 7.32. The second-order valence-electron chi connectivity index (χ2n) is 0.704. The summed E-state index contributed by atoms with van der Waals surface area (Å²) in [6, 6.07) is 0. The molecule has 0 fully saturated rings. The minimum atomic E-state index is -4.36. The van der Waals surface area contributed by atoms with Crippen LogP contribution in [0.4, 0.5) is 0 Å². The predicted molar refractivity (Wildman–Crippen MR) is 12.9 cm³/mol. The molecule has 0 unspecified atom stereocenters. The molecule has 0 radical (unpaired) electrons. The molecule has 26 valence electrons. The fourth-order valence-corrected chi connectivity index (χ4v) is 0. The summed E-state index contributed by atoms with van der Waals surface area (Å²) in [4.78, 5) is 0. The first-order chi connectivity index (χ1) is 2.00. The maximum absolute atomic E-state index is 9.21. The number of hydrogen-bond donors (Lipinski definition) is 0. The summed E-state index contributed by atoms with van der Waals surface area (Å²) in [7, 11) is -4.36. The monoisotopic (exact) mass is 174 g/mol. The fraction of sp³-hybridized carbons (Fsp3) is 0. The molecule has 0 aliphatic heterocycles. The van der Waals surface area contributed by atoms with Gasteiger partial charge in [0.25, 0.3) is 0 Å². The van der Waals surface area contributed by atoms with Crippen molar-refractivity contribution in [3.63, 3.8) is 0 Å². The molecule has 0 heterocycles. The van der Waals surface area contributed by atoms with Gasteiger partial charge in [-0.3, -0.25) is 0 Å². The Morgan fingerprint density at radius 1 is 1.50 bits per heavy atom. The predicted octanol–water partition coefficient (Wildman–Crippen LogP) is -5.18. The molecular weight excluding hydrogens is 173 g/mol. The minimum Gasteiger partial charge on any atom is 1.00 e. The average molecular weight is 173 g/mol. The van der Waals surface area contributed by atoms with Gasteiger partial charge in [-0.05, 0) is 0 Å². The first kappa shape index (κ1) is 11.0. The van der Waals surface area contributed by atoms with Crippen molar-refractivity contribution < 1.29 is 41.4 Å². The molecule has 0 bridgehead atoms. The smallest absolute Gasteiger partial charge is 1.00 e. The molecule has 0 aromatic heterocycles. The van der Waals surface area contributed by atoms with E-state index >= 15 is 0 Å². The van der Waals surface area contributed by atoms with Gasteiger partial charge in [0.05, 0.1) is 0 Å². The molecule has 0 N–H and O–H groups in total. The van der Waals surface area contributed by atoms with Crippen LogP contribution >= 0.6 is 0 Å². The van der Waals surface area contributed by atoms with Crippen LogP contribution in [0.25, 0.3) is 0 Å². The zero-order valence-corrected chi connectivity index (χ0v) is 9.35. The van der Waals surface area contributed by atoms with Gasteiger partial charge in [-0.25, -0.2) is 0 Å². The molecule has 0 spiro atoms. The number of rotatable bonds is 0. The van der Waals surface area contributed by atoms with Gasteiger partial charge in [0.1, 0.15) is 0 Å². The molecule has 0 saturated carbocycles. The Morgan fingerprint density at radius 2 is 1.50 bits per heavy atom. The number of hydrogen-bond acceptors (Lipinski definition) is 3. The van der Waals surface area contributed by atoms with Crippen molar-refractivity contribution in [2.24, 2.45) is 0 Å². The summed E-state index contributed by atoms with van der Waals surface area (Å²) in [5, 5.41) is 0. The normalized spacial score (nSPS) is 9.83. The molecule has 0 aliphatic rings. The molecule has 0 aromatic rings. The topological polar surface area (TPSA) is 57.2 Å². The van der Waals surface area contributed by atoms with E-state index in [0.29, 0.717) is 0 Å². The van der Waals surface area contributed by atoms with Crippen molar-refractivity contribution in [1.82, 2.24) is 0 Å². The molecule has 3 nitrogen and oxygen atoms in total. The van der Waals surface area contributed by atoms with Crippen LogP contribution in [0.1, 0.15) is 0 Å². The van der Waals surface area contributed by atoms with Gasteiger partial charge in [-0.2, -0.15) is 0 Å². The maximum atomic E-state index is 9.21. The Hall–Kier alpha value is 2.08. The van der Waals surface area contributed by atoms with Crippen molar-refractivity contribution in [3.8, 4) is 0 Å². The van der Waals surface area contributed by atoms with Crippen LogP contribution in [-0.4, -0.2) is 34.0 Å². The SMILES string of the molecule is O=[Se](=O)([O-])[Na].[Na+]. The van der Waals surface area contributed by atoms with E-state index in [0.717, 1.165) is 0 Å². The summed E-state index contributed by atoms with van der Waals surface area (Å²) >= 11 is -0.203. The van der Waals surface area contributed by atoms with Crippen molar-refractivity contribution in [3.05, 3.63) is 0 Å². The maximum Gasteiger partial charge on any atom is 1.00 e. The van der Waals surface area contributed by atoms with E-state index < -0.39 is 8.59 Å². The molecule has 0 aromatic carbocycles. The van der Waals surface area contributed by atoms with Crippen LogP contribution in [0.3, 0.4) is 0 Å². The fourth-order valence-electron chi connectivity index (χ4n) is 0. The quantitative estimate of drug-likeness (QED) is 0.344. The van der Waals surface area contributed by atoms with Crippen LogP contribution in [-0.2, 0) is 7.67 Å². The second kappa shape index (κ2) is 4.01. The van der Waals surface area contributed by atoms with E-state index in [2.05, 4.69) is 0 Å². The third kappa shape index (κ3) is 36.3. The summed E-state index contributed by atoms with van der Waals surface area (Å²) in [6.45, 7) is 0. The molecule has 6 heteroatoms. The van der Waals surface area contributed by atoms with Crippen LogP contribution in [0.15, 0.2) is 0 Å². The summed E-state index contributed by atoms with van der Waals surface area (Å²) in [5.74, 6) is 0. The molecule has 0 atom stereocenters. The van der Waals surface area contributed by atoms with E-state index in [1.807, 2.05) is 0 Å². The zero-order chi connectivity index (χ0) is 4.50. The van der Waals surface area contributed by atoms with Gasteiger partial charge in [-0.15, -0.1) is 0 Å². The van der Waals surface area contributed by atoms with Crippen molar-refractivity contribution >= 4 is 34.0 Å². The van der Waals surface area contributed by atoms with Gasteiger partial charge >= 0.3 is 75.4 Å². The first-order valence-corrected chi connectivity index (χ1v) is 8.96. The van der Waals surface area contributed by atoms with Crippen molar-refractivity contribution in [2.45, 2.75) is 0 Å². The van der Waals surface area contributed by atoms with Crippen LogP contribution in [0.5, 0.6) is 0 Å². The zero-order valence-electron chi connectivity index (χ0n) is 3.63. The third-order valence-electron chi connectivity index (χ3n) is 0. The van der Waals surface area contributed by atoms with E-state index in [-0.39, 0.29) is 54.9 Å². The molecular formula is Na2O3Se. The van der Waals surface area contributed by atoms with Gasteiger partial charge in [-0.1, -0.05) is 0 Å². The van der Waals surface area contributed by atoms with Gasteiger partial charge in [0, 0.05) is 0 Å². The van der Waals surface area contributed by atoms with E-state index in [4.69, 9.17) is 0 Å². The van der Waals surface area contributed by atoms with Gasteiger partial charge < -0.3 is 0 Å². The molecule has 6 heavy (non-hydrogen) atoms. The van der Waals surface area contributed by atoms with E-state index in [1.165, 1.54) is 0 Å². The Bertz CT molecular complexity index is 92.0. The summed E-state index contributed by atoms with van der Waals surface area (Å²) < 4.78 is 27.6. The first-order valence-electron chi connectivity index (χ1n) is 0.908. The molecule has 0 amide bonds. The molecule has 0 rings (SSSR count). The molecule has 0 aliphatic carbocycles. The Morgan fingerprint density at radius 3 is 1.50 bits per heavy atom. The Labute approximate surface area is 74.0 Å². The van der Waals surface area contributed by atoms with Gasteiger partial charge in [0.2, 0.25) is 0 Å². The Balaban J connectivity index is 0. The largest absolute Gasteiger partial charge is 1.00 e. The van der Waals surface area contributed by atoms with E-state index in [1.54, 1.807) is 0 Å². The van der Waals surface area contributed by atoms with Crippen molar-refractivity contribution in [2.75, 3.05) is 0 Å². The van der Waals surface area contributed by atoms with Crippen molar-refractivity contribution in [1.29, 1.82) is 0 Å². The summed E-state index contributed by atoms with van der Waals surface area (Å²) in [6.07, 6.45) is 0. The molecule has 0 saturated heterocycles.